The van der Waals surface area contributed by atoms with Crippen LogP contribution in [0.25, 0.3) is 11.0 Å². The Kier molecular flexibility index (Phi) is 6.79. The molecule has 0 saturated carbocycles. The highest BCUT2D eigenvalue weighted by Crippen LogP contribution is 2.31. The number of imidazole rings is 1. The predicted molar refractivity (Wildman–Crippen MR) is 137 cm³/mol. The molecule has 1 amide bonds. The van der Waals surface area contributed by atoms with E-state index < -0.39 is 10.0 Å². The van der Waals surface area contributed by atoms with Crippen LogP contribution in [-0.4, -0.2) is 44.6 Å². The highest BCUT2D eigenvalue weighted by molar-refractivity contribution is 7.92. The normalized spacial score (nSPS) is 11.4. The topological polar surface area (TPSA) is 93.5 Å². The lowest BCUT2D eigenvalue weighted by atomic mass is 10.1. The summed E-state index contributed by atoms with van der Waals surface area (Å²) in [5.41, 5.74) is 3.31. The number of nitrogens with one attached hydrogen (secondary N) is 1. The standard InChI is InChI=1S/C26H28N4O4S/c1-18-13-14-20(35(32,33)29(3)24-11-7-8-12-25(24)34-4)17-21(18)26(31)27-15-16-30-19(2)28-22-9-5-6-10-23(22)30/h5-14,17H,15-16H2,1-4H3,(H,27,31). The molecule has 1 heterocycles. The van der Waals surface area contributed by atoms with Crippen LogP contribution in [0.15, 0.2) is 71.6 Å². The van der Waals surface area contributed by atoms with Gasteiger partial charge in [0.15, 0.2) is 0 Å². The number of hydrogen-bond donors (Lipinski definition) is 1. The molecule has 0 spiro atoms. The summed E-state index contributed by atoms with van der Waals surface area (Å²) in [6.07, 6.45) is 0. The monoisotopic (exact) mass is 492 g/mol. The van der Waals surface area contributed by atoms with Gasteiger partial charge in [0.2, 0.25) is 0 Å². The summed E-state index contributed by atoms with van der Waals surface area (Å²) in [5, 5.41) is 2.91. The molecule has 35 heavy (non-hydrogen) atoms. The Labute approximate surface area is 205 Å². The number of para-hydroxylation sites is 4. The van der Waals surface area contributed by atoms with Gasteiger partial charge < -0.3 is 14.6 Å². The van der Waals surface area contributed by atoms with Crippen LogP contribution in [0.5, 0.6) is 5.75 Å². The van der Waals surface area contributed by atoms with Gasteiger partial charge in [0, 0.05) is 25.7 Å². The van der Waals surface area contributed by atoms with E-state index in [0.717, 1.165) is 21.2 Å². The van der Waals surface area contributed by atoms with Gasteiger partial charge in [-0.2, -0.15) is 0 Å². The van der Waals surface area contributed by atoms with Crippen LogP contribution in [-0.2, 0) is 16.6 Å². The van der Waals surface area contributed by atoms with Gasteiger partial charge in [-0.25, -0.2) is 13.4 Å². The second kappa shape index (κ2) is 9.79. The zero-order chi connectivity index (χ0) is 25.2. The molecule has 4 rings (SSSR count). The van der Waals surface area contributed by atoms with Crippen LogP contribution in [0.4, 0.5) is 5.69 Å². The molecule has 9 heteroatoms. The molecule has 0 saturated heterocycles. The van der Waals surface area contributed by atoms with Crippen molar-refractivity contribution in [2.24, 2.45) is 0 Å². The molecule has 8 nitrogen and oxygen atoms in total. The lowest BCUT2D eigenvalue weighted by Gasteiger charge is -2.22. The Balaban J connectivity index is 1.53. The van der Waals surface area contributed by atoms with Crippen molar-refractivity contribution in [1.29, 1.82) is 0 Å². The number of hydrogen-bond acceptors (Lipinski definition) is 5. The SMILES string of the molecule is COc1ccccc1N(C)S(=O)(=O)c1ccc(C)c(C(=O)NCCn2c(C)nc3ccccc32)c1. The predicted octanol–water partition coefficient (Wildman–Crippen LogP) is 3.92. The zero-order valence-electron chi connectivity index (χ0n) is 20.1. The molecule has 182 valence electrons. The van der Waals surface area contributed by atoms with Crippen molar-refractivity contribution in [3.63, 3.8) is 0 Å². The number of nitrogens with zero attached hydrogens (tertiary/aromatic N) is 3. The maximum absolute atomic E-state index is 13.3. The van der Waals surface area contributed by atoms with Crippen LogP contribution >= 0.6 is 0 Å². The number of sulfonamides is 1. The fraction of sp³-hybridized carbons (Fsp3) is 0.231. The van der Waals surface area contributed by atoms with Gasteiger partial charge in [-0.3, -0.25) is 9.10 Å². The quantitative estimate of drug-likeness (QED) is 0.402. The molecular formula is C26H28N4O4S. The highest BCUT2D eigenvalue weighted by atomic mass is 32.2. The van der Waals surface area contributed by atoms with E-state index in [9.17, 15) is 13.2 Å². The smallest absolute Gasteiger partial charge is 0.264 e. The molecule has 4 aromatic rings. The van der Waals surface area contributed by atoms with E-state index in [4.69, 9.17) is 4.74 Å². The first-order valence-electron chi connectivity index (χ1n) is 11.2. The third kappa shape index (κ3) is 4.72. The van der Waals surface area contributed by atoms with E-state index in [1.807, 2.05) is 35.8 Å². The van der Waals surface area contributed by atoms with Crippen LogP contribution in [0.2, 0.25) is 0 Å². The van der Waals surface area contributed by atoms with Crippen LogP contribution in [0, 0.1) is 13.8 Å². The fourth-order valence-electron chi connectivity index (χ4n) is 4.04. The van der Waals surface area contributed by atoms with Crippen molar-refractivity contribution in [2.75, 3.05) is 25.0 Å². The summed E-state index contributed by atoms with van der Waals surface area (Å²) in [7, 11) is -0.972. The molecule has 1 N–H and O–H groups in total. The van der Waals surface area contributed by atoms with Gasteiger partial charge in [0.1, 0.15) is 11.6 Å². The van der Waals surface area contributed by atoms with Crippen LogP contribution in [0.3, 0.4) is 0 Å². The number of carbonyl (C=O) groups excluding carboxylic acids is 1. The molecule has 1 aromatic heterocycles. The van der Waals surface area contributed by atoms with Gasteiger partial charge in [-0.05, 0) is 55.8 Å². The summed E-state index contributed by atoms with van der Waals surface area (Å²) < 4.78 is 35.2. The Morgan fingerprint density at radius 2 is 1.77 bits per heavy atom. The summed E-state index contributed by atoms with van der Waals surface area (Å²) in [5.74, 6) is 0.969. The van der Waals surface area contributed by atoms with Gasteiger partial charge in [-0.1, -0.05) is 30.3 Å². The number of carbonyl (C=O) groups is 1. The van der Waals surface area contributed by atoms with Crippen molar-refractivity contribution in [3.05, 3.63) is 83.7 Å². The van der Waals surface area contributed by atoms with Crippen LogP contribution in [0.1, 0.15) is 21.7 Å². The van der Waals surface area contributed by atoms with Crippen molar-refractivity contribution in [1.82, 2.24) is 14.9 Å². The summed E-state index contributed by atoms with van der Waals surface area (Å²) in [6.45, 7) is 4.63. The molecule has 0 fully saturated rings. The Morgan fingerprint density at radius 3 is 2.54 bits per heavy atom. The first-order valence-corrected chi connectivity index (χ1v) is 12.6. The van der Waals surface area contributed by atoms with Crippen molar-refractivity contribution in [2.45, 2.75) is 25.3 Å². The molecule has 0 aliphatic rings. The number of rotatable bonds is 8. The van der Waals surface area contributed by atoms with Gasteiger partial charge >= 0.3 is 0 Å². The highest BCUT2D eigenvalue weighted by Gasteiger charge is 2.25. The maximum atomic E-state index is 13.3. The van der Waals surface area contributed by atoms with E-state index >= 15 is 0 Å². The zero-order valence-corrected chi connectivity index (χ0v) is 21.0. The van der Waals surface area contributed by atoms with Gasteiger partial charge in [0.25, 0.3) is 15.9 Å². The average molecular weight is 493 g/mol. The lowest BCUT2D eigenvalue weighted by Crippen LogP contribution is -2.29. The van der Waals surface area contributed by atoms with E-state index in [-0.39, 0.29) is 10.8 Å². The van der Waals surface area contributed by atoms with Crippen molar-refractivity contribution >= 4 is 32.7 Å². The second-order valence-corrected chi connectivity index (χ2v) is 10.1. The van der Waals surface area contributed by atoms with Gasteiger partial charge in [-0.15, -0.1) is 0 Å². The minimum absolute atomic E-state index is 0.0260. The van der Waals surface area contributed by atoms with E-state index in [0.29, 0.717) is 35.7 Å². The molecule has 0 aliphatic heterocycles. The maximum Gasteiger partial charge on any atom is 0.264 e. The first kappa shape index (κ1) is 24.3. The molecule has 0 radical (unpaired) electrons. The van der Waals surface area contributed by atoms with Crippen molar-refractivity contribution < 1.29 is 17.9 Å². The minimum Gasteiger partial charge on any atom is -0.495 e. The Morgan fingerprint density at radius 1 is 1.06 bits per heavy atom. The number of aryl methyl sites for hydroxylation is 2. The number of methoxy groups -OCH3 is 1. The molecular weight excluding hydrogens is 464 g/mol. The largest absolute Gasteiger partial charge is 0.495 e. The second-order valence-electron chi connectivity index (χ2n) is 8.18. The summed E-state index contributed by atoms with van der Waals surface area (Å²) in [6, 6.07) is 19.3. The number of aromatic nitrogens is 2. The van der Waals surface area contributed by atoms with E-state index in [1.54, 1.807) is 37.3 Å². The average Bonchev–Trinajstić information content (AvgIpc) is 3.18. The number of ether oxygens (including phenoxy) is 1. The van der Waals surface area contributed by atoms with E-state index in [2.05, 4.69) is 10.3 Å². The fourth-order valence-corrected chi connectivity index (χ4v) is 5.27. The molecule has 0 bridgehead atoms. The third-order valence-electron chi connectivity index (χ3n) is 6.00. The van der Waals surface area contributed by atoms with Gasteiger partial charge in [0.05, 0.1) is 28.7 Å². The third-order valence-corrected chi connectivity index (χ3v) is 7.77. The lowest BCUT2D eigenvalue weighted by molar-refractivity contribution is 0.0951. The number of anilines is 1. The Bertz CT molecular complexity index is 1490. The molecule has 0 unspecified atom stereocenters. The summed E-state index contributed by atoms with van der Waals surface area (Å²) >= 11 is 0. The van der Waals surface area contributed by atoms with E-state index in [1.165, 1.54) is 26.3 Å². The van der Waals surface area contributed by atoms with Crippen molar-refractivity contribution in [3.8, 4) is 5.75 Å². The minimum atomic E-state index is -3.92. The summed E-state index contributed by atoms with van der Waals surface area (Å²) in [4.78, 5) is 17.6. The first-order chi connectivity index (χ1) is 16.7. The van der Waals surface area contributed by atoms with Crippen LogP contribution < -0.4 is 14.4 Å². The number of fused-ring (bicyclic) bond motifs is 1. The molecule has 0 atom stereocenters. The molecule has 3 aromatic carbocycles. The number of amides is 1. The Hall–Kier alpha value is -3.85. The number of benzene rings is 3. The molecule has 0 aliphatic carbocycles.